The third-order valence-corrected chi connectivity index (χ3v) is 5.48. The molecule has 0 N–H and O–H groups in total. The Morgan fingerprint density at radius 3 is 3.04 bits per heavy atom. The van der Waals surface area contributed by atoms with Crippen LogP contribution in [0.4, 0.5) is 5.88 Å². The number of fused-ring (bicyclic) bond motifs is 1. The van der Waals surface area contributed by atoms with Crippen LogP contribution in [0.15, 0.2) is 34.1 Å². The van der Waals surface area contributed by atoms with Crippen LogP contribution in [0.25, 0.3) is 21.3 Å². The fourth-order valence-corrected chi connectivity index (χ4v) is 3.84. The fraction of sp³-hybridized carbons (Fsp3) is 0.368. The Hall–Kier alpha value is -2.74. The zero-order valence-electron chi connectivity index (χ0n) is 15.6. The molecule has 0 bridgehead atoms. The Morgan fingerprint density at radius 2 is 2.26 bits per heavy atom. The molecule has 1 aliphatic heterocycles. The Bertz CT molecular complexity index is 964. The maximum Gasteiger partial charge on any atom is 0.241 e. The first-order valence-electron chi connectivity index (χ1n) is 8.96. The highest BCUT2D eigenvalue weighted by Crippen LogP contribution is 2.38. The minimum atomic E-state index is 0.571. The van der Waals surface area contributed by atoms with Crippen molar-refractivity contribution in [3.05, 3.63) is 35.9 Å². The van der Waals surface area contributed by atoms with Crippen molar-refractivity contribution in [1.82, 2.24) is 15.0 Å². The van der Waals surface area contributed by atoms with Gasteiger partial charge < -0.3 is 14.2 Å². The number of hydrogen-bond acceptors (Lipinski definition) is 8. The Balaban J connectivity index is 1.71. The van der Waals surface area contributed by atoms with E-state index in [4.69, 9.17) is 14.2 Å². The molecule has 0 saturated heterocycles. The topological polar surface area (TPSA) is 76.6 Å². The average molecular weight is 383 g/mol. The molecule has 140 valence electrons. The summed E-state index contributed by atoms with van der Waals surface area (Å²) in [6.07, 6.45) is 5.27. The average Bonchev–Trinajstić information content (AvgIpc) is 3.29. The lowest BCUT2D eigenvalue weighted by Gasteiger charge is -2.21. The first-order chi connectivity index (χ1) is 13.2. The summed E-state index contributed by atoms with van der Waals surface area (Å²) >= 11 is 1.56. The number of thiazole rings is 1. The molecule has 0 aromatic carbocycles. The normalized spacial score (nSPS) is 15.2. The molecule has 0 atom stereocenters. The summed E-state index contributed by atoms with van der Waals surface area (Å²) < 4.78 is 6.10. The fourth-order valence-electron chi connectivity index (χ4n) is 2.86. The Labute approximate surface area is 161 Å². The number of oxazole rings is 1. The zero-order chi connectivity index (χ0) is 18.8. The zero-order valence-corrected chi connectivity index (χ0v) is 16.4. The first-order valence-corrected chi connectivity index (χ1v) is 9.78. The van der Waals surface area contributed by atoms with Crippen LogP contribution in [0.2, 0.25) is 0 Å². The van der Waals surface area contributed by atoms with Crippen molar-refractivity contribution >= 4 is 22.9 Å². The van der Waals surface area contributed by atoms with Crippen molar-refractivity contribution in [2.45, 2.75) is 26.7 Å². The predicted octanol–water partition coefficient (Wildman–Crippen LogP) is 4.14. The Kier molecular flexibility index (Phi) is 4.89. The van der Waals surface area contributed by atoms with Crippen molar-refractivity contribution < 1.29 is 9.25 Å². The lowest BCUT2D eigenvalue weighted by molar-refractivity contribution is 0.144. The number of pyridine rings is 1. The summed E-state index contributed by atoms with van der Waals surface area (Å²) in [5.41, 5.74) is 3.47. The minimum absolute atomic E-state index is 0.571. The summed E-state index contributed by atoms with van der Waals surface area (Å²) in [6, 6.07) is 3.91. The van der Waals surface area contributed by atoms with Gasteiger partial charge >= 0.3 is 0 Å². The lowest BCUT2D eigenvalue weighted by Crippen LogP contribution is -2.28. The van der Waals surface area contributed by atoms with E-state index in [1.165, 1.54) is 0 Å². The summed E-state index contributed by atoms with van der Waals surface area (Å²) in [4.78, 5) is 21.9. The van der Waals surface area contributed by atoms with Crippen molar-refractivity contribution in [2.75, 3.05) is 25.1 Å². The standard InChI is InChI=1S/C19H21N5O2S/c1-4-10-25-23-14-7-9-24(3)19-15(14)22-17(26-19)16-12(2)21-18(27-16)13-6-5-8-20-11-13/h5-6,8,11H,4,7,9-10H2,1-3H3. The minimum Gasteiger partial charge on any atom is -0.419 e. The molecule has 4 rings (SSSR count). The molecule has 3 aromatic rings. The van der Waals surface area contributed by atoms with Gasteiger partial charge in [0.15, 0.2) is 5.69 Å². The molecule has 7 nitrogen and oxygen atoms in total. The maximum atomic E-state index is 6.10. The summed E-state index contributed by atoms with van der Waals surface area (Å²) in [5, 5.41) is 5.18. The number of rotatable bonds is 5. The number of hydrogen-bond donors (Lipinski definition) is 0. The maximum absolute atomic E-state index is 6.10. The highest BCUT2D eigenvalue weighted by Gasteiger charge is 2.28. The third-order valence-electron chi connectivity index (χ3n) is 4.28. The second kappa shape index (κ2) is 7.48. The summed E-state index contributed by atoms with van der Waals surface area (Å²) in [6.45, 7) is 5.44. The number of anilines is 1. The van der Waals surface area contributed by atoms with Gasteiger partial charge in [-0.15, -0.1) is 11.3 Å². The van der Waals surface area contributed by atoms with E-state index in [0.717, 1.165) is 57.8 Å². The van der Waals surface area contributed by atoms with Crippen LogP contribution in [0.5, 0.6) is 0 Å². The molecular formula is C19H21N5O2S. The molecule has 27 heavy (non-hydrogen) atoms. The van der Waals surface area contributed by atoms with Gasteiger partial charge in [-0.2, -0.15) is 0 Å². The predicted molar refractivity (Wildman–Crippen MR) is 106 cm³/mol. The second-order valence-corrected chi connectivity index (χ2v) is 7.39. The second-order valence-electron chi connectivity index (χ2n) is 6.39. The van der Waals surface area contributed by atoms with Gasteiger partial charge in [0.05, 0.1) is 5.69 Å². The van der Waals surface area contributed by atoms with E-state index in [1.54, 1.807) is 17.5 Å². The van der Waals surface area contributed by atoms with Gasteiger partial charge in [-0.25, -0.2) is 9.97 Å². The molecule has 0 saturated carbocycles. The molecule has 0 fully saturated rings. The van der Waals surface area contributed by atoms with Crippen LogP contribution in [-0.4, -0.2) is 40.9 Å². The quantitative estimate of drug-likeness (QED) is 0.487. The number of oxime groups is 1. The smallest absolute Gasteiger partial charge is 0.241 e. The molecule has 1 aliphatic rings. The number of aryl methyl sites for hydroxylation is 1. The monoisotopic (exact) mass is 383 g/mol. The van der Waals surface area contributed by atoms with E-state index in [1.807, 2.05) is 32.3 Å². The molecule has 0 radical (unpaired) electrons. The van der Waals surface area contributed by atoms with Gasteiger partial charge in [-0.3, -0.25) is 4.98 Å². The van der Waals surface area contributed by atoms with Crippen LogP contribution < -0.4 is 4.90 Å². The SMILES string of the molecule is CCCON=C1CCN(C)c2oc(-c3sc(-c4cccnc4)nc3C)nc21. The van der Waals surface area contributed by atoms with Crippen molar-refractivity contribution in [2.24, 2.45) is 5.16 Å². The van der Waals surface area contributed by atoms with Gasteiger partial charge in [0.25, 0.3) is 0 Å². The van der Waals surface area contributed by atoms with Crippen LogP contribution >= 0.6 is 11.3 Å². The molecule has 0 spiro atoms. The summed E-state index contributed by atoms with van der Waals surface area (Å²) in [5.74, 6) is 1.30. The van der Waals surface area contributed by atoms with Crippen LogP contribution in [-0.2, 0) is 4.84 Å². The lowest BCUT2D eigenvalue weighted by atomic mass is 10.1. The third kappa shape index (κ3) is 3.44. The highest BCUT2D eigenvalue weighted by atomic mass is 32.1. The van der Waals surface area contributed by atoms with E-state index < -0.39 is 0 Å². The van der Waals surface area contributed by atoms with Crippen LogP contribution in [0, 0.1) is 6.92 Å². The van der Waals surface area contributed by atoms with E-state index in [0.29, 0.717) is 12.5 Å². The van der Waals surface area contributed by atoms with Crippen LogP contribution in [0.1, 0.15) is 31.2 Å². The largest absolute Gasteiger partial charge is 0.419 e. The molecule has 4 heterocycles. The van der Waals surface area contributed by atoms with Gasteiger partial charge in [-0.05, 0) is 25.5 Å². The number of aromatic nitrogens is 3. The molecule has 3 aromatic heterocycles. The Morgan fingerprint density at radius 1 is 1.37 bits per heavy atom. The molecule has 0 aliphatic carbocycles. The van der Waals surface area contributed by atoms with E-state index in [2.05, 4.69) is 26.9 Å². The van der Waals surface area contributed by atoms with Crippen LogP contribution in [0.3, 0.4) is 0 Å². The molecule has 0 unspecified atom stereocenters. The first kappa shape index (κ1) is 17.7. The van der Waals surface area contributed by atoms with Gasteiger partial charge in [0, 0.05) is 38.0 Å². The van der Waals surface area contributed by atoms with E-state index >= 15 is 0 Å². The molecular weight excluding hydrogens is 362 g/mol. The van der Waals surface area contributed by atoms with Crippen molar-refractivity contribution in [1.29, 1.82) is 0 Å². The van der Waals surface area contributed by atoms with Gasteiger partial charge in [0.1, 0.15) is 22.2 Å². The van der Waals surface area contributed by atoms with Crippen molar-refractivity contribution in [3.63, 3.8) is 0 Å². The van der Waals surface area contributed by atoms with Gasteiger partial charge in [-0.1, -0.05) is 12.1 Å². The molecule has 8 heteroatoms. The summed E-state index contributed by atoms with van der Waals surface area (Å²) in [7, 11) is 2.00. The van der Waals surface area contributed by atoms with Gasteiger partial charge in [0.2, 0.25) is 11.8 Å². The van der Waals surface area contributed by atoms with E-state index in [9.17, 15) is 0 Å². The number of nitrogens with zero attached hydrogens (tertiary/aromatic N) is 5. The highest BCUT2D eigenvalue weighted by molar-refractivity contribution is 7.18. The molecule has 0 amide bonds. The van der Waals surface area contributed by atoms with E-state index in [-0.39, 0.29) is 0 Å². The van der Waals surface area contributed by atoms with Crippen molar-refractivity contribution in [3.8, 4) is 21.3 Å².